The first-order chi connectivity index (χ1) is 14.3. The zero-order chi connectivity index (χ0) is 24.2. The lowest BCUT2D eigenvalue weighted by Gasteiger charge is -2.06. The molecule has 0 radical (unpaired) electrons. The lowest BCUT2D eigenvalue weighted by molar-refractivity contribution is -0.138. The van der Waals surface area contributed by atoms with E-state index >= 15 is 0 Å². The molecule has 0 bridgehead atoms. The van der Waals surface area contributed by atoms with E-state index in [1.54, 1.807) is 0 Å². The molecule has 13 heteroatoms. The van der Waals surface area contributed by atoms with Crippen molar-refractivity contribution in [3.63, 3.8) is 0 Å². The molecule has 1 N–H and O–H groups in total. The molecular formula is C18H13Br2ClF6O4. The van der Waals surface area contributed by atoms with Crippen molar-refractivity contribution >= 4 is 54.7 Å². The number of aliphatic hydroxyl groups excluding tert-OH is 1. The van der Waals surface area contributed by atoms with Gasteiger partial charge in [0, 0.05) is 5.56 Å². The van der Waals surface area contributed by atoms with Crippen molar-refractivity contribution in [3.05, 3.63) is 70.8 Å². The molecule has 2 rings (SSSR count). The van der Waals surface area contributed by atoms with Crippen molar-refractivity contribution in [1.29, 1.82) is 0 Å². The summed E-state index contributed by atoms with van der Waals surface area (Å²) in [5, 5.41) is 6.72. The van der Waals surface area contributed by atoms with Gasteiger partial charge in [0.1, 0.15) is 5.52 Å². The minimum Gasteiger partial charge on any atom is -0.450 e. The summed E-state index contributed by atoms with van der Waals surface area (Å²) in [5.74, 6) is -0.666. The van der Waals surface area contributed by atoms with E-state index in [9.17, 15) is 35.9 Å². The van der Waals surface area contributed by atoms with Crippen LogP contribution in [-0.2, 0) is 17.1 Å². The van der Waals surface area contributed by atoms with Gasteiger partial charge in [-0.3, -0.25) is 4.79 Å². The first-order valence-corrected chi connectivity index (χ1v) is 10.3. The molecule has 0 atom stereocenters. The molecular weight excluding hydrogens is 589 g/mol. The van der Waals surface area contributed by atoms with Crippen LogP contribution in [0.3, 0.4) is 0 Å². The zero-order valence-corrected chi connectivity index (χ0v) is 19.0. The van der Waals surface area contributed by atoms with E-state index in [1.165, 1.54) is 0 Å². The van der Waals surface area contributed by atoms with Gasteiger partial charge in [-0.05, 0) is 76.1 Å². The lowest BCUT2D eigenvalue weighted by Crippen LogP contribution is -2.07. The van der Waals surface area contributed by atoms with E-state index in [2.05, 4.69) is 36.6 Å². The summed E-state index contributed by atoms with van der Waals surface area (Å²) in [5.41, 5.74) is -1.39. The van der Waals surface area contributed by atoms with E-state index in [1.807, 2.05) is 0 Å². The summed E-state index contributed by atoms with van der Waals surface area (Å²) >= 11 is 10.6. The molecule has 0 amide bonds. The number of carbonyl (C=O) groups excluding carboxylic acids is 2. The summed E-state index contributed by atoms with van der Waals surface area (Å²) in [6, 6.07) is 7.54. The quantitative estimate of drug-likeness (QED) is 0.186. The summed E-state index contributed by atoms with van der Waals surface area (Å²) < 4.78 is 77.0. The summed E-state index contributed by atoms with van der Waals surface area (Å²) in [6.45, 7) is 0. The molecule has 0 heterocycles. The summed E-state index contributed by atoms with van der Waals surface area (Å²) in [6.07, 6.45) is -8.77. The Bertz CT molecular complexity index is 825. The van der Waals surface area contributed by atoms with E-state index in [4.69, 9.17) is 16.7 Å². The van der Waals surface area contributed by atoms with E-state index in [0.717, 1.165) is 48.5 Å². The number of ether oxygens (including phenoxy) is 1. The van der Waals surface area contributed by atoms with Gasteiger partial charge in [-0.2, -0.15) is 26.3 Å². The zero-order valence-electron chi connectivity index (χ0n) is 15.1. The van der Waals surface area contributed by atoms with E-state index in [-0.39, 0.29) is 22.2 Å². The third-order valence-corrected chi connectivity index (χ3v) is 3.52. The van der Waals surface area contributed by atoms with Gasteiger partial charge in [0.25, 0.3) is 5.24 Å². The highest BCUT2D eigenvalue weighted by Crippen LogP contribution is 2.30. The topological polar surface area (TPSA) is 63.6 Å². The second kappa shape index (κ2) is 13.7. The molecule has 0 saturated carbocycles. The van der Waals surface area contributed by atoms with Gasteiger partial charge in [0.2, 0.25) is 0 Å². The third kappa shape index (κ3) is 11.5. The average molecular weight is 603 g/mol. The smallest absolute Gasteiger partial charge is 0.416 e. The van der Waals surface area contributed by atoms with E-state index < -0.39 is 34.7 Å². The minimum absolute atomic E-state index is 0.00680. The molecule has 0 aliphatic rings. The number of hydrogen-bond donors (Lipinski definition) is 1. The number of halogens is 9. The lowest BCUT2D eigenvalue weighted by atomic mass is 10.1. The van der Waals surface area contributed by atoms with Crippen LogP contribution >= 0.6 is 43.5 Å². The number of aliphatic hydroxyl groups is 1. The Morgan fingerprint density at radius 3 is 1.39 bits per heavy atom. The molecule has 0 spiro atoms. The second-order valence-corrected chi connectivity index (χ2v) is 6.39. The highest BCUT2D eigenvalue weighted by atomic mass is 79.9. The van der Waals surface area contributed by atoms with Crippen molar-refractivity contribution in [3.8, 4) is 0 Å². The normalized spacial score (nSPS) is 10.8. The van der Waals surface area contributed by atoms with Crippen LogP contribution in [0.25, 0.3) is 0 Å². The number of carbonyl (C=O) groups is 2. The Hall–Kier alpha value is -1.63. The molecule has 172 valence electrons. The Kier molecular flexibility index (Phi) is 13.0. The van der Waals surface area contributed by atoms with Gasteiger partial charge in [-0.25, -0.2) is 4.79 Å². The van der Waals surface area contributed by atoms with Crippen LogP contribution in [-0.4, -0.2) is 27.4 Å². The highest BCUT2D eigenvalue weighted by molar-refractivity contribution is 9.09. The number of esters is 1. The van der Waals surface area contributed by atoms with Crippen molar-refractivity contribution in [2.24, 2.45) is 0 Å². The second-order valence-electron chi connectivity index (χ2n) is 5.08. The van der Waals surface area contributed by atoms with Crippen molar-refractivity contribution < 1.29 is 45.8 Å². The fraction of sp³-hybridized carbons (Fsp3) is 0.222. The van der Waals surface area contributed by atoms with Crippen LogP contribution in [0, 0.1) is 0 Å². The number of rotatable bonds is 3. The first kappa shape index (κ1) is 29.4. The van der Waals surface area contributed by atoms with Crippen LogP contribution in [0.1, 0.15) is 31.8 Å². The van der Waals surface area contributed by atoms with Crippen LogP contribution < -0.4 is 0 Å². The van der Waals surface area contributed by atoms with Crippen molar-refractivity contribution in [1.82, 2.24) is 0 Å². The molecule has 0 aromatic heterocycles. The van der Waals surface area contributed by atoms with Gasteiger partial charge in [0.15, 0.2) is 0 Å². The summed E-state index contributed by atoms with van der Waals surface area (Å²) in [7, 11) is 0. The van der Waals surface area contributed by atoms with E-state index in [0.29, 0.717) is 0 Å². The molecule has 0 unspecified atom stereocenters. The van der Waals surface area contributed by atoms with Gasteiger partial charge in [-0.15, -0.1) is 0 Å². The number of alkyl halides is 8. The maximum Gasteiger partial charge on any atom is 0.416 e. The first-order valence-electron chi connectivity index (χ1n) is 7.72. The minimum atomic E-state index is -4.39. The summed E-state index contributed by atoms with van der Waals surface area (Å²) in [4.78, 5) is 21.6. The standard InChI is InChI=1S/C9H6BrF3O2.C8H4ClF3O.CH3BrO/c10-5-15-8(14)6-1-3-7(4-2-6)9(11,12)13;9-7(13)5-1-3-6(4-2-5)8(10,11)12;2-1-3/h1-4H,5H2;1-4H;3H,1H2. The monoisotopic (exact) mass is 600 g/mol. The number of hydrogen-bond acceptors (Lipinski definition) is 4. The van der Waals surface area contributed by atoms with Gasteiger partial charge in [-0.1, -0.05) is 15.9 Å². The molecule has 31 heavy (non-hydrogen) atoms. The molecule has 2 aromatic carbocycles. The Labute approximate surface area is 194 Å². The Balaban J connectivity index is 0.000000519. The molecule has 0 saturated heterocycles. The number of benzene rings is 2. The SMILES string of the molecule is O=C(Cl)c1ccc(C(F)(F)F)cc1.O=C(OCBr)c1ccc(C(F)(F)F)cc1.OCBr. The Morgan fingerprint density at radius 2 is 1.13 bits per heavy atom. The van der Waals surface area contributed by atoms with Crippen molar-refractivity contribution in [2.45, 2.75) is 12.4 Å². The average Bonchev–Trinajstić information content (AvgIpc) is 2.68. The maximum absolute atomic E-state index is 12.1. The fourth-order valence-electron chi connectivity index (χ4n) is 1.72. The molecule has 0 aliphatic heterocycles. The van der Waals surface area contributed by atoms with Crippen LogP contribution in [0.15, 0.2) is 48.5 Å². The van der Waals surface area contributed by atoms with Crippen LogP contribution in [0.5, 0.6) is 0 Å². The van der Waals surface area contributed by atoms with Crippen LogP contribution in [0.2, 0.25) is 0 Å². The van der Waals surface area contributed by atoms with Crippen LogP contribution in [0.4, 0.5) is 26.3 Å². The largest absolute Gasteiger partial charge is 0.450 e. The molecule has 0 fully saturated rings. The van der Waals surface area contributed by atoms with Gasteiger partial charge < -0.3 is 9.84 Å². The third-order valence-electron chi connectivity index (χ3n) is 3.07. The predicted octanol–water partition coefficient (Wildman–Crippen LogP) is 6.63. The maximum atomic E-state index is 12.1. The molecule has 4 nitrogen and oxygen atoms in total. The highest BCUT2D eigenvalue weighted by Gasteiger charge is 2.30. The predicted molar refractivity (Wildman–Crippen MR) is 108 cm³/mol. The molecule has 0 aliphatic carbocycles. The van der Waals surface area contributed by atoms with Gasteiger partial charge >= 0.3 is 18.3 Å². The Morgan fingerprint density at radius 1 is 0.806 bits per heavy atom. The molecule has 2 aromatic rings. The van der Waals surface area contributed by atoms with Crippen molar-refractivity contribution in [2.75, 3.05) is 11.0 Å². The fourth-order valence-corrected chi connectivity index (χ4v) is 2.05. The van der Waals surface area contributed by atoms with Gasteiger partial charge in [0.05, 0.1) is 22.2 Å².